The van der Waals surface area contributed by atoms with Crippen molar-refractivity contribution in [3.05, 3.63) is 65.6 Å². The molecule has 35 heavy (non-hydrogen) atoms. The summed E-state index contributed by atoms with van der Waals surface area (Å²) < 4.78 is 41.3. The van der Waals surface area contributed by atoms with Crippen LogP contribution in [0, 0.1) is 0 Å². The second-order valence-electron chi connectivity index (χ2n) is 8.21. The first kappa shape index (κ1) is 22.9. The van der Waals surface area contributed by atoms with Gasteiger partial charge in [0.2, 0.25) is 5.91 Å². The molecule has 178 valence electrons. The van der Waals surface area contributed by atoms with Crippen LogP contribution in [-0.4, -0.2) is 29.4 Å². The average Bonchev–Trinajstić information content (AvgIpc) is 3.14. The molecule has 3 heterocycles. The lowest BCUT2D eigenvalue weighted by Gasteiger charge is -2.15. The first-order valence-electron chi connectivity index (χ1n) is 10.7. The van der Waals surface area contributed by atoms with Crippen molar-refractivity contribution in [3.63, 3.8) is 0 Å². The van der Waals surface area contributed by atoms with Gasteiger partial charge in [-0.3, -0.25) is 9.59 Å². The monoisotopic (exact) mass is 496 g/mol. The summed E-state index contributed by atoms with van der Waals surface area (Å²) in [5.74, 6) is -0.874. The Bertz CT molecular complexity index is 1530. The highest BCUT2D eigenvalue weighted by molar-refractivity contribution is 7.21. The Labute approximate surface area is 201 Å². The summed E-state index contributed by atoms with van der Waals surface area (Å²) in [6, 6.07) is 10.7. The van der Waals surface area contributed by atoms with Crippen LogP contribution in [0.2, 0.25) is 0 Å². The van der Waals surface area contributed by atoms with E-state index in [0.29, 0.717) is 28.2 Å². The number of carbonyl (C=O) groups excluding carboxylic acids is 2. The third-order valence-electron chi connectivity index (χ3n) is 5.75. The van der Waals surface area contributed by atoms with Gasteiger partial charge >= 0.3 is 6.18 Å². The normalized spacial score (nSPS) is 15.8. The third-order valence-corrected chi connectivity index (χ3v) is 6.91. The quantitative estimate of drug-likeness (QED) is 0.313. The zero-order valence-corrected chi connectivity index (χ0v) is 19.2. The van der Waals surface area contributed by atoms with Crippen LogP contribution in [0.15, 0.2) is 55.1 Å². The molecular formula is C25H19F3N4O2S. The number of thiophene rings is 1. The van der Waals surface area contributed by atoms with Crippen molar-refractivity contribution >= 4 is 55.5 Å². The molecule has 1 atom stereocenters. The fourth-order valence-corrected chi connectivity index (χ4v) is 5.22. The highest BCUT2D eigenvalue weighted by Crippen LogP contribution is 2.42. The lowest BCUT2D eigenvalue weighted by atomic mass is 10.0. The molecular weight excluding hydrogens is 477 g/mol. The fraction of sp³-hybridized carbons (Fsp3) is 0.160. The second-order valence-corrected chi connectivity index (χ2v) is 9.27. The topological polar surface area (TPSA) is 83.1 Å². The summed E-state index contributed by atoms with van der Waals surface area (Å²) in [6.45, 7) is 5.80. The molecule has 2 amide bonds. The van der Waals surface area contributed by atoms with E-state index in [9.17, 15) is 22.8 Å². The van der Waals surface area contributed by atoms with Crippen LogP contribution in [0.5, 0.6) is 0 Å². The number of carbonyl (C=O) groups is 2. The summed E-state index contributed by atoms with van der Waals surface area (Å²) in [5, 5.41) is 10.3. The van der Waals surface area contributed by atoms with Gasteiger partial charge in [-0.05, 0) is 49.4 Å². The lowest BCUT2D eigenvalue weighted by molar-refractivity contribution is -0.136. The van der Waals surface area contributed by atoms with Gasteiger partial charge < -0.3 is 16.0 Å². The minimum absolute atomic E-state index is 0.0210. The number of nitrogens with one attached hydrogen (secondary N) is 3. The van der Waals surface area contributed by atoms with E-state index in [4.69, 9.17) is 0 Å². The molecule has 10 heteroatoms. The first-order valence-corrected chi connectivity index (χ1v) is 11.5. The van der Waals surface area contributed by atoms with E-state index in [2.05, 4.69) is 27.5 Å². The standard InChI is InChI=1S/C25H19F3N4O2S/c1-3-20(33)32-18-10-13(4-6-15(18)25(26,27)28)16-7-5-14-17(31-16)8-9-19-21(14)22-23(35-19)24(34)30-12(2)11-29-22/h3-10,12,29H,1,11H2,2H3,(H,30,34)(H,32,33)/t12-/m1/s1. The lowest BCUT2D eigenvalue weighted by Crippen LogP contribution is -2.34. The zero-order chi connectivity index (χ0) is 24.9. The van der Waals surface area contributed by atoms with Gasteiger partial charge in [0.25, 0.3) is 5.91 Å². The molecule has 2 aromatic carbocycles. The number of amides is 2. The van der Waals surface area contributed by atoms with Gasteiger partial charge in [0.05, 0.1) is 28.1 Å². The highest BCUT2D eigenvalue weighted by Gasteiger charge is 2.34. The number of anilines is 2. The Morgan fingerprint density at radius 2 is 2.03 bits per heavy atom. The summed E-state index contributed by atoms with van der Waals surface area (Å²) >= 11 is 1.40. The largest absolute Gasteiger partial charge is 0.418 e. The van der Waals surface area contributed by atoms with Gasteiger partial charge in [0.15, 0.2) is 0 Å². The van der Waals surface area contributed by atoms with Crippen molar-refractivity contribution in [2.24, 2.45) is 0 Å². The van der Waals surface area contributed by atoms with Gasteiger partial charge in [0.1, 0.15) is 4.88 Å². The number of rotatable bonds is 3. The third kappa shape index (κ3) is 4.10. The Morgan fingerprint density at radius 3 is 2.77 bits per heavy atom. The Morgan fingerprint density at radius 1 is 1.23 bits per heavy atom. The van der Waals surface area contributed by atoms with Crippen molar-refractivity contribution in [2.75, 3.05) is 17.2 Å². The van der Waals surface area contributed by atoms with Crippen LogP contribution in [0.1, 0.15) is 22.2 Å². The highest BCUT2D eigenvalue weighted by atomic mass is 32.1. The molecule has 3 N–H and O–H groups in total. The van der Waals surface area contributed by atoms with E-state index in [0.717, 1.165) is 33.3 Å². The molecule has 1 aliphatic heterocycles. The number of hydrogen-bond donors (Lipinski definition) is 3. The van der Waals surface area contributed by atoms with Crippen molar-refractivity contribution in [1.82, 2.24) is 10.3 Å². The number of hydrogen-bond acceptors (Lipinski definition) is 5. The van der Waals surface area contributed by atoms with E-state index < -0.39 is 17.6 Å². The number of nitrogens with zero attached hydrogens (tertiary/aromatic N) is 1. The minimum Gasteiger partial charge on any atom is -0.381 e. The van der Waals surface area contributed by atoms with Crippen molar-refractivity contribution in [3.8, 4) is 11.3 Å². The molecule has 2 aromatic heterocycles. The minimum atomic E-state index is -4.64. The fourth-order valence-electron chi connectivity index (χ4n) is 4.12. The predicted molar refractivity (Wildman–Crippen MR) is 132 cm³/mol. The molecule has 5 rings (SSSR count). The van der Waals surface area contributed by atoms with Crippen LogP contribution in [0.25, 0.3) is 32.2 Å². The van der Waals surface area contributed by atoms with Crippen LogP contribution in [-0.2, 0) is 11.0 Å². The average molecular weight is 497 g/mol. The van der Waals surface area contributed by atoms with E-state index in [-0.39, 0.29) is 17.6 Å². The molecule has 0 saturated carbocycles. The number of halogens is 3. The Hall–Kier alpha value is -3.92. The van der Waals surface area contributed by atoms with E-state index in [1.807, 2.05) is 25.1 Å². The number of alkyl halides is 3. The van der Waals surface area contributed by atoms with Gasteiger partial charge in [-0.2, -0.15) is 13.2 Å². The summed E-state index contributed by atoms with van der Waals surface area (Å²) in [6.07, 6.45) is -3.73. The molecule has 1 aliphatic rings. The summed E-state index contributed by atoms with van der Waals surface area (Å²) in [7, 11) is 0. The first-order chi connectivity index (χ1) is 16.7. The van der Waals surface area contributed by atoms with E-state index in [1.54, 1.807) is 6.07 Å². The van der Waals surface area contributed by atoms with Crippen LogP contribution < -0.4 is 16.0 Å². The molecule has 0 radical (unpaired) electrons. The van der Waals surface area contributed by atoms with Crippen molar-refractivity contribution in [2.45, 2.75) is 19.1 Å². The van der Waals surface area contributed by atoms with Crippen LogP contribution >= 0.6 is 11.3 Å². The maximum Gasteiger partial charge on any atom is 0.418 e. The van der Waals surface area contributed by atoms with Crippen molar-refractivity contribution in [1.29, 1.82) is 0 Å². The molecule has 0 aliphatic carbocycles. The maximum atomic E-state index is 13.5. The molecule has 4 aromatic rings. The number of benzene rings is 2. The maximum absolute atomic E-state index is 13.5. The van der Waals surface area contributed by atoms with Gasteiger partial charge in [-0.15, -0.1) is 11.3 Å². The SMILES string of the molecule is C=CC(=O)Nc1cc(-c2ccc3c(ccc4sc5c(c43)NC[C@@H](C)NC5=O)n2)ccc1C(F)(F)F. The van der Waals surface area contributed by atoms with Gasteiger partial charge in [0, 0.05) is 33.6 Å². The molecule has 0 saturated heterocycles. The molecule has 0 fully saturated rings. The smallest absolute Gasteiger partial charge is 0.381 e. The van der Waals surface area contributed by atoms with Crippen molar-refractivity contribution < 1.29 is 22.8 Å². The van der Waals surface area contributed by atoms with E-state index >= 15 is 0 Å². The van der Waals surface area contributed by atoms with Gasteiger partial charge in [-0.25, -0.2) is 4.98 Å². The summed E-state index contributed by atoms with van der Waals surface area (Å²) in [4.78, 5) is 29.6. The zero-order valence-electron chi connectivity index (χ0n) is 18.4. The molecule has 6 nitrogen and oxygen atoms in total. The molecule has 0 unspecified atom stereocenters. The predicted octanol–water partition coefficient (Wildman–Crippen LogP) is 5.80. The molecule has 0 bridgehead atoms. The molecule has 0 spiro atoms. The second kappa shape index (κ2) is 8.38. The Kier molecular flexibility index (Phi) is 5.47. The number of pyridine rings is 1. The van der Waals surface area contributed by atoms with E-state index in [1.165, 1.54) is 23.5 Å². The number of aromatic nitrogens is 1. The van der Waals surface area contributed by atoms with Crippen LogP contribution in [0.3, 0.4) is 0 Å². The van der Waals surface area contributed by atoms with Gasteiger partial charge in [-0.1, -0.05) is 12.6 Å². The number of fused-ring (bicyclic) bond motifs is 5. The van der Waals surface area contributed by atoms with Crippen LogP contribution in [0.4, 0.5) is 24.5 Å². The Balaban J connectivity index is 1.63. The summed E-state index contributed by atoms with van der Waals surface area (Å²) in [5.41, 5.74) is 0.918.